The molecule has 1 aliphatic heterocycles. The molecule has 160 valence electrons. The van der Waals surface area contributed by atoms with E-state index in [1.165, 1.54) is 12.0 Å². The maximum absolute atomic E-state index is 14.1. The molecule has 0 unspecified atom stereocenters. The lowest BCUT2D eigenvalue weighted by Crippen LogP contribution is -2.58. The molecule has 0 aromatic heterocycles. The third-order valence-electron chi connectivity index (χ3n) is 7.67. The van der Waals surface area contributed by atoms with E-state index in [1.807, 2.05) is 54.6 Å². The summed E-state index contributed by atoms with van der Waals surface area (Å²) in [6.07, 6.45) is -0.868. The number of ether oxygens (including phenoxy) is 1. The zero-order valence-electron chi connectivity index (χ0n) is 17.9. The molecule has 3 aromatic rings. The second kappa shape index (κ2) is 6.53. The maximum atomic E-state index is 14.1. The van der Waals surface area contributed by atoms with Crippen LogP contribution in [0.5, 0.6) is 5.75 Å². The number of imide groups is 1. The van der Waals surface area contributed by atoms with Crippen molar-refractivity contribution >= 4 is 17.5 Å². The lowest BCUT2D eigenvalue weighted by atomic mass is 9.46. The normalized spacial score (nSPS) is 28.2. The van der Waals surface area contributed by atoms with Gasteiger partial charge < -0.3 is 9.84 Å². The maximum Gasteiger partial charge on any atom is 0.239 e. The standard InChI is InChI=1S/C27H23NO4/c1-15(29)27-18-11-5-3-9-16(18)22(17-10-4-6-12-19(17)27)23-24(27)26(31)28(25(23)30)20-13-7-8-14-21(20)32-2/h3-15,22-24,29H,1-2H3/t15-,22?,23-,24-,27?/m1/s1. The zero-order valence-corrected chi connectivity index (χ0v) is 17.9. The molecule has 4 aliphatic rings. The molecule has 0 radical (unpaired) electrons. The number of methoxy groups -OCH3 is 1. The van der Waals surface area contributed by atoms with Gasteiger partial charge in [0, 0.05) is 5.92 Å². The number of carbonyl (C=O) groups excluding carboxylic acids is 2. The van der Waals surface area contributed by atoms with Crippen LogP contribution in [0.15, 0.2) is 72.8 Å². The quantitative estimate of drug-likeness (QED) is 0.651. The Balaban J connectivity index is 1.66. The summed E-state index contributed by atoms with van der Waals surface area (Å²) in [5, 5.41) is 11.3. The lowest BCUT2D eigenvalue weighted by molar-refractivity contribution is -0.126. The average Bonchev–Trinajstić information content (AvgIpc) is 3.09. The van der Waals surface area contributed by atoms with Crippen LogP contribution in [0.3, 0.4) is 0 Å². The fraction of sp³-hybridized carbons (Fsp3) is 0.259. The monoisotopic (exact) mass is 425 g/mol. The van der Waals surface area contributed by atoms with Crippen LogP contribution in [0.4, 0.5) is 5.69 Å². The van der Waals surface area contributed by atoms with Gasteiger partial charge >= 0.3 is 0 Å². The highest BCUT2D eigenvalue weighted by atomic mass is 16.5. The van der Waals surface area contributed by atoms with Crippen molar-refractivity contribution in [1.82, 2.24) is 0 Å². The molecule has 2 amide bonds. The number of hydrogen-bond acceptors (Lipinski definition) is 4. The second-order valence-corrected chi connectivity index (χ2v) is 8.88. The van der Waals surface area contributed by atoms with Gasteiger partial charge in [-0.1, -0.05) is 60.7 Å². The number of benzene rings is 3. The van der Waals surface area contributed by atoms with Gasteiger partial charge in [0.2, 0.25) is 11.8 Å². The highest BCUT2D eigenvalue weighted by Crippen LogP contribution is 2.65. The van der Waals surface area contributed by atoms with Gasteiger partial charge in [0.15, 0.2) is 0 Å². The van der Waals surface area contributed by atoms with Gasteiger partial charge in [-0.15, -0.1) is 0 Å². The van der Waals surface area contributed by atoms with Crippen molar-refractivity contribution in [2.24, 2.45) is 11.8 Å². The average molecular weight is 425 g/mol. The molecule has 32 heavy (non-hydrogen) atoms. The minimum atomic E-state index is -0.990. The van der Waals surface area contributed by atoms with E-state index in [-0.39, 0.29) is 17.7 Å². The topological polar surface area (TPSA) is 66.8 Å². The molecule has 1 saturated heterocycles. The molecule has 5 nitrogen and oxygen atoms in total. The molecule has 2 bridgehead atoms. The first-order valence-electron chi connectivity index (χ1n) is 10.9. The molecule has 0 saturated carbocycles. The first kappa shape index (κ1) is 19.3. The van der Waals surface area contributed by atoms with E-state index >= 15 is 0 Å². The molecule has 1 heterocycles. The summed E-state index contributed by atoms with van der Waals surface area (Å²) in [6, 6.07) is 23.0. The summed E-state index contributed by atoms with van der Waals surface area (Å²) in [5.74, 6) is -1.53. The van der Waals surface area contributed by atoms with Crippen molar-refractivity contribution in [1.29, 1.82) is 0 Å². The Morgan fingerprint density at radius 2 is 1.44 bits per heavy atom. The van der Waals surface area contributed by atoms with Crippen LogP contribution in [-0.4, -0.2) is 30.1 Å². The van der Waals surface area contributed by atoms with Crippen LogP contribution in [0.1, 0.15) is 35.1 Å². The number of carbonyl (C=O) groups is 2. The summed E-state index contributed by atoms with van der Waals surface area (Å²) < 4.78 is 5.48. The Morgan fingerprint density at radius 1 is 0.875 bits per heavy atom. The summed E-state index contributed by atoms with van der Waals surface area (Å²) >= 11 is 0. The number of hydrogen-bond donors (Lipinski definition) is 1. The number of rotatable bonds is 3. The molecular weight excluding hydrogens is 402 g/mol. The van der Waals surface area contributed by atoms with Crippen molar-refractivity contribution < 1.29 is 19.4 Å². The van der Waals surface area contributed by atoms with E-state index in [4.69, 9.17) is 4.74 Å². The van der Waals surface area contributed by atoms with Gasteiger partial charge in [0.05, 0.1) is 36.2 Å². The van der Waals surface area contributed by atoms with Gasteiger partial charge in [-0.05, 0) is 41.3 Å². The van der Waals surface area contributed by atoms with Crippen LogP contribution in [0, 0.1) is 11.8 Å². The molecule has 3 atom stereocenters. The fourth-order valence-corrected chi connectivity index (χ4v) is 6.59. The van der Waals surface area contributed by atoms with Crippen LogP contribution >= 0.6 is 0 Å². The number of aliphatic hydroxyl groups excluding tert-OH is 1. The number of nitrogens with zero attached hydrogens (tertiary/aromatic N) is 1. The number of anilines is 1. The van der Waals surface area contributed by atoms with Gasteiger partial charge in [-0.25, -0.2) is 4.90 Å². The number of para-hydroxylation sites is 2. The van der Waals surface area contributed by atoms with Crippen molar-refractivity contribution in [2.45, 2.75) is 24.4 Å². The minimum Gasteiger partial charge on any atom is -0.495 e. The molecule has 3 aliphatic carbocycles. The lowest BCUT2D eigenvalue weighted by Gasteiger charge is -2.55. The molecule has 1 N–H and O–H groups in total. The Kier molecular flexibility index (Phi) is 3.93. The van der Waals surface area contributed by atoms with Gasteiger partial charge in [0.1, 0.15) is 5.75 Å². The van der Waals surface area contributed by atoms with Crippen LogP contribution in [0.2, 0.25) is 0 Å². The third-order valence-corrected chi connectivity index (χ3v) is 7.67. The molecule has 1 fully saturated rings. The van der Waals surface area contributed by atoms with Crippen molar-refractivity contribution in [3.8, 4) is 5.75 Å². The highest BCUT2D eigenvalue weighted by molar-refractivity contribution is 6.24. The summed E-state index contributed by atoms with van der Waals surface area (Å²) in [6.45, 7) is 1.74. The minimum absolute atomic E-state index is 0.232. The van der Waals surface area contributed by atoms with E-state index in [0.29, 0.717) is 11.4 Å². The SMILES string of the molecule is COc1ccccc1N1C(=O)[C@@H]2C3c4ccccc4C([C@@H](C)O)(c4ccccc43)[C@H]2C1=O. The summed E-state index contributed by atoms with van der Waals surface area (Å²) in [4.78, 5) is 29.3. The van der Waals surface area contributed by atoms with Crippen LogP contribution in [-0.2, 0) is 15.0 Å². The molecule has 5 heteroatoms. The van der Waals surface area contributed by atoms with Crippen molar-refractivity contribution in [3.05, 3.63) is 95.1 Å². The Hall–Kier alpha value is -3.44. The van der Waals surface area contributed by atoms with E-state index in [9.17, 15) is 14.7 Å². The molecule has 3 aromatic carbocycles. The number of amides is 2. The summed E-state index contributed by atoms with van der Waals surface area (Å²) in [5.41, 5.74) is 3.40. The molecule has 0 spiro atoms. The molecule has 7 rings (SSSR count). The van der Waals surface area contributed by atoms with Gasteiger partial charge in [0.25, 0.3) is 0 Å². The van der Waals surface area contributed by atoms with Crippen LogP contribution in [0.25, 0.3) is 0 Å². The summed E-state index contributed by atoms with van der Waals surface area (Å²) in [7, 11) is 1.53. The smallest absolute Gasteiger partial charge is 0.239 e. The second-order valence-electron chi connectivity index (χ2n) is 8.88. The predicted molar refractivity (Wildman–Crippen MR) is 120 cm³/mol. The molecular formula is C27H23NO4. The first-order valence-corrected chi connectivity index (χ1v) is 10.9. The fourth-order valence-electron chi connectivity index (χ4n) is 6.59. The Bertz CT molecular complexity index is 1230. The zero-order chi connectivity index (χ0) is 22.2. The van der Waals surface area contributed by atoms with Crippen molar-refractivity contribution in [3.63, 3.8) is 0 Å². The van der Waals surface area contributed by atoms with E-state index in [0.717, 1.165) is 22.3 Å². The van der Waals surface area contributed by atoms with Crippen molar-refractivity contribution in [2.75, 3.05) is 12.0 Å². The van der Waals surface area contributed by atoms with Gasteiger partial charge in [-0.2, -0.15) is 0 Å². The van der Waals surface area contributed by atoms with E-state index in [1.54, 1.807) is 25.1 Å². The number of aliphatic hydroxyl groups is 1. The predicted octanol–water partition coefficient (Wildman–Crippen LogP) is 3.63. The van der Waals surface area contributed by atoms with E-state index in [2.05, 4.69) is 0 Å². The largest absolute Gasteiger partial charge is 0.495 e. The van der Waals surface area contributed by atoms with Crippen LogP contribution < -0.4 is 9.64 Å². The van der Waals surface area contributed by atoms with Gasteiger partial charge in [-0.3, -0.25) is 9.59 Å². The third kappa shape index (κ3) is 2.07. The highest BCUT2D eigenvalue weighted by Gasteiger charge is 2.69. The Labute approximate surface area is 186 Å². The Morgan fingerprint density at radius 3 is 2.03 bits per heavy atom. The van der Waals surface area contributed by atoms with E-state index < -0.39 is 23.4 Å². The first-order chi connectivity index (χ1) is 15.5.